The third-order valence-electron chi connectivity index (χ3n) is 2.96. The molecule has 0 spiro atoms. The highest BCUT2D eigenvalue weighted by Crippen LogP contribution is 1.97. The van der Waals surface area contributed by atoms with Crippen LogP contribution in [0.4, 0.5) is 0 Å². The van der Waals surface area contributed by atoms with Crippen LogP contribution in [0.3, 0.4) is 0 Å². The lowest BCUT2D eigenvalue weighted by molar-refractivity contribution is -0.127. The number of carbonyl (C=O) groups is 2. The van der Waals surface area contributed by atoms with Crippen LogP contribution >= 0.6 is 0 Å². The Morgan fingerprint density at radius 3 is 2.62 bits per heavy atom. The van der Waals surface area contributed by atoms with Crippen LogP contribution in [-0.2, 0) is 20.9 Å². The summed E-state index contributed by atoms with van der Waals surface area (Å²) in [4.78, 5) is 23.3. The molecule has 0 aliphatic rings. The largest absolute Gasteiger partial charge is 0.385 e. The molecule has 0 saturated carbocycles. The number of rotatable bonds is 9. The second kappa shape index (κ2) is 9.90. The van der Waals surface area contributed by atoms with Crippen LogP contribution < -0.4 is 16.4 Å². The Morgan fingerprint density at radius 1 is 1.24 bits per heavy atom. The van der Waals surface area contributed by atoms with Gasteiger partial charge in [0.15, 0.2) is 0 Å². The number of amides is 2. The molecule has 0 radical (unpaired) electrons. The van der Waals surface area contributed by atoms with Crippen LogP contribution in [0.5, 0.6) is 0 Å². The van der Waals surface area contributed by atoms with E-state index in [-0.39, 0.29) is 18.4 Å². The van der Waals surface area contributed by atoms with Gasteiger partial charge in [-0.15, -0.1) is 0 Å². The van der Waals surface area contributed by atoms with Crippen molar-refractivity contribution in [3.63, 3.8) is 0 Å². The first-order chi connectivity index (χ1) is 10.1. The molecular weight excluding hydrogens is 270 g/mol. The van der Waals surface area contributed by atoms with Crippen LogP contribution in [0, 0.1) is 0 Å². The van der Waals surface area contributed by atoms with Crippen molar-refractivity contribution in [2.45, 2.75) is 25.4 Å². The Kier molecular flexibility index (Phi) is 8.08. The minimum absolute atomic E-state index is 0.0658. The van der Waals surface area contributed by atoms with Gasteiger partial charge in [-0.05, 0) is 18.4 Å². The maximum absolute atomic E-state index is 11.7. The zero-order valence-corrected chi connectivity index (χ0v) is 12.3. The predicted octanol–water partition coefficient (Wildman–Crippen LogP) is 0.173. The van der Waals surface area contributed by atoms with E-state index in [1.807, 2.05) is 30.3 Å². The highest BCUT2D eigenvalue weighted by molar-refractivity contribution is 5.87. The molecule has 0 bridgehead atoms. The Balaban J connectivity index is 2.18. The first kappa shape index (κ1) is 17.1. The lowest BCUT2D eigenvalue weighted by atomic mass is 10.1. The van der Waals surface area contributed by atoms with Crippen LogP contribution in [0.1, 0.15) is 18.4 Å². The zero-order valence-electron chi connectivity index (χ0n) is 12.3. The van der Waals surface area contributed by atoms with Gasteiger partial charge in [0.2, 0.25) is 11.8 Å². The number of hydrogen-bond donors (Lipinski definition) is 3. The summed E-state index contributed by atoms with van der Waals surface area (Å²) in [6, 6.07) is 8.96. The minimum Gasteiger partial charge on any atom is -0.385 e. The monoisotopic (exact) mass is 293 g/mol. The molecule has 0 fully saturated rings. The molecule has 2 amide bonds. The molecule has 0 saturated heterocycles. The SMILES string of the molecule is COCCCC(N)C(=O)NCC(=O)NCc1ccccc1. The summed E-state index contributed by atoms with van der Waals surface area (Å²) < 4.78 is 4.89. The number of carbonyl (C=O) groups excluding carboxylic acids is 2. The van der Waals surface area contributed by atoms with Crippen molar-refractivity contribution in [3.8, 4) is 0 Å². The smallest absolute Gasteiger partial charge is 0.239 e. The summed E-state index contributed by atoms with van der Waals surface area (Å²) in [7, 11) is 1.60. The third-order valence-corrected chi connectivity index (χ3v) is 2.96. The summed E-state index contributed by atoms with van der Waals surface area (Å²) in [6.45, 7) is 0.942. The van der Waals surface area contributed by atoms with Gasteiger partial charge in [-0.3, -0.25) is 9.59 Å². The number of benzene rings is 1. The molecule has 6 nitrogen and oxygen atoms in total. The quantitative estimate of drug-likeness (QED) is 0.566. The van der Waals surface area contributed by atoms with E-state index < -0.39 is 6.04 Å². The van der Waals surface area contributed by atoms with E-state index in [2.05, 4.69) is 10.6 Å². The van der Waals surface area contributed by atoms with Gasteiger partial charge in [0.05, 0.1) is 12.6 Å². The van der Waals surface area contributed by atoms with Gasteiger partial charge >= 0.3 is 0 Å². The Labute approximate surface area is 125 Å². The molecule has 0 aliphatic carbocycles. The average Bonchev–Trinajstić information content (AvgIpc) is 2.51. The molecule has 116 valence electrons. The van der Waals surface area contributed by atoms with E-state index in [1.165, 1.54) is 0 Å². The number of methoxy groups -OCH3 is 1. The van der Waals surface area contributed by atoms with Gasteiger partial charge in [-0.2, -0.15) is 0 Å². The predicted molar refractivity (Wildman–Crippen MR) is 80.4 cm³/mol. The molecule has 1 unspecified atom stereocenters. The topological polar surface area (TPSA) is 93.4 Å². The molecule has 6 heteroatoms. The molecule has 0 aliphatic heterocycles. The van der Waals surface area contributed by atoms with Gasteiger partial charge in [-0.25, -0.2) is 0 Å². The van der Waals surface area contributed by atoms with Gasteiger partial charge in [0, 0.05) is 20.3 Å². The first-order valence-electron chi connectivity index (χ1n) is 6.96. The molecule has 1 rings (SSSR count). The molecular formula is C15H23N3O3. The number of nitrogens with one attached hydrogen (secondary N) is 2. The number of ether oxygens (including phenoxy) is 1. The zero-order chi connectivity index (χ0) is 15.5. The Bertz CT molecular complexity index is 437. The van der Waals surface area contributed by atoms with E-state index in [1.54, 1.807) is 7.11 Å². The van der Waals surface area contributed by atoms with Crippen LogP contribution in [-0.4, -0.2) is 38.1 Å². The summed E-state index contributed by atoms with van der Waals surface area (Å²) in [5.74, 6) is -0.558. The molecule has 1 aromatic carbocycles. The molecule has 1 aromatic rings. The van der Waals surface area contributed by atoms with E-state index in [4.69, 9.17) is 10.5 Å². The van der Waals surface area contributed by atoms with Crippen molar-refractivity contribution in [2.24, 2.45) is 5.73 Å². The molecule has 4 N–H and O–H groups in total. The fraction of sp³-hybridized carbons (Fsp3) is 0.467. The number of nitrogens with two attached hydrogens (primary N) is 1. The van der Waals surface area contributed by atoms with E-state index in [9.17, 15) is 9.59 Å². The standard InChI is InChI=1S/C15H23N3O3/c1-21-9-5-8-13(16)15(20)18-11-14(19)17-10-12-6-3-2-4-7-12/h2-4,6-7,13H,5,8-11,16H2,1H3,(H,17,19)(H,18,20). The third kappa shape index (κ3) is 7.43. The first-order valence-corrected chi connectivity index (χ1v) is 6.96. The van der Waals surface area contributed by atoms with E-state index in [0.29, 0.717) is 26.0 Å². The normalized spacial score (nSPS) is 11.7. The summed E-state index contributed by atoms with van der Waals surface area (Å²) >= 11 is 0. The molecule has 21 heavy (non-hydrogen) atoms. The van der Waals surface area contributed by atoms with Crippen molar-refractivity contribution in [2.75, 3.05) is 20.3 Å². The molecule has 0 aromatic heterocycles. The Hall–Kier alpha value is -1.92. The van der Waals surface area contributed by atoms with E-state index in [0.717, 1.165) is 5.56 Å². The second-order valence-corrected chi connectivity index (χ2v) is 4.72. The van der Waals surface area contributed by atoms with E-state index >= 15 is 0 Å². The maximum Gasteiger partial charge on any atom is 0.239 e. The van der Waals surface area contributed by atoms with Crippen molar-refractivity contribution < 1.29 is 14.3 Å². The Morgan fingerprint density at radius 2 is 1.95 bits per heavy atom. The van der Waals surface area contributed by atoms with Crippen LogP contribution in [0.25, 0.3) is 0 Å². The fourth-order valence-electron chi connectivity index (χ4n) is 1.74. The van der Waals surface area contributed by atoms with Crippen molar-refractivity contribution in [3.05, 3.63) is 35.9 Å². The van der Waals surface area contributed by atoms with Gasteiger partial charge < -0.3 is 21.1 Å². The highest BCUT2D eigenvalue weighted by atomic mass is 16.5. The summed E-state index contributed by atoms with van der Waals surface area (Å²) in [5.41, 5.74) is 6.72. The van der Waals surface area contributed by atoms with Crippen molar-refractivity contribution in [1.29, 1.82) is 0 Å². The number of hydrogen-bond acceptors (Lipinski definition) is 4. The lowest BCUT2D eigenvalue weighted by Crippen LogP contribution is -2.44. The van der Waals surface area contributed by atoms with Crippen LogP contribution in [0.15, 0.2) is 30.3 Å². The van der Waals surface area contributed by atoms with Crippen LogP contribution in [0.2, 0.25) is 0 Å². The highest BCUT2D eigenvalue weighted by Gasteiger charge is 2.13. The lowest BCUT2D eigenvalue weighted by Gasteiger charge is -2.12. The molecule has 0 heterocycles. The van der Waals surface area contributed by atoms with Gasteiger partial charge in [-0.1, -0.05) is 30.3 Å². The van der Waals surface area contributed by atoms with Gasteiger partial charge in [0.1, 0.15) is 0 Å². The minimum atomic E-state index is -0.609. The average molecular weight is 293 g/mol. The van der Waals surface area contributed by atoms with Crippen molar-refractivity contribution >= 4 is 11.8 Å². The maximum atomic E-state index is 11.7. The van der Waals surface area contributed by atoms with Crippen molar-refractivity contribution in [1.82, 2.24) is 10.6 Å². The summed E-state index contributed by atoms with van der Waals surface area (Å²) in [5, 5.41) is 5.26. The molecule has 1 atom stereocenters. The summed E-state index contributed by atoms with van der Waals surface area (Å²) in [6.07, 6.45) is 1.25. The fourth-order valence-corrected chi connectivity index (χ4v) is 1.74. The van der Waals surface area contributed by atoms with Gasteiger partial charge in [0.25, 0.3) is 0 Å². The second-order valence-electron chi connectivity index (χ2n) is 4.72.